The van der Waals surface area contributed by atoms with Crippen LogP contribution in [0.4, 0.5) is 28.7 Å². The van der Waals surface area contributed by atoms with Crippen molar-refractivity contribution in [2.75, 3.05) is 56.1 Å². The van der Waals surface area contributed by atoms with Crippen LogP contribution in [0.5, 0.6) is 11.5 Å². The van der Waals surface area contributed by atoms with E-state index >= 15 is 0 Å². The van der Waals surface area contributed by atoms with Gasteiger partial charge in [-0.1, -0.05) is 23.2 Å². The van der Waals surface area contributed by atoms with Crippen molar-refractivity contribution in [2.24, 2.45) is 0 Å². The van der Waals surface area contributed by atoms with Crippen molar-refractivity contribution >= 4 is 51.9 Å². The van der Waals surface area contributed by atoms with E-state index in [1.807, 2.05) is 18.2 Å². The molecule has 0 spiro atoms. The fourth-order valence-corrected chi connectivity index (χ4v) is 4.62. The number of anilines is 5. The van der Waals surface area contributed by atoms with Crippen LogP contribution >= 0.6 is 23.2 Å². The molecule has 1 aliphatic heterocycles. The Morgan fingerprint density at radius 2 is 1.58 bits per heavy atom. The molecule has 2 aromatic heterocycles. The smallest absolute Gasteiger partial charge is 0.143 e. The van der Waals surface area contributed by atoms with Crippen LogP contribution in [0.3, 0.4) is 0 Å². The monoisotopic (exact) mass is 553 g/mol. The van der Waals surface area contributed by atoms with E-state index in [-0.39, 0.29) is 10.0 Å². The van der Waals surface area contributed by atoms with Crippen molar-refractivity contribution in [3.8, 4) is 22.8 Å². The summed E-state index contributed by atoms with van der Waals surface area (Å²) >= 11 is 13.1. The van der Waals surface area contributed by atoms with Crippen molar-refractivity contribution in [1.29, 1.82) is 0 Å². The van der Waals surface area contributed by atoms with Gasteiger partial charge >= 0.3 is 0 Å². The van der Waals surface area contributed by atoms with Crippen molar-refractivity contribution in [3.05, 3.63) is 65.3 Å². The molecule has 0 radical (unpaired) electrons. The Kier molecular flexibility index (Phi) is 7.92. The third kappa shape index (κ3) is 5.52. The number of hydrogen-bond acceptors (Lipinski definition) is 10. The molecule has 0 amide bonds. The Morgan fingerprint density at radius 3 is 2.26 bits per heavy atom. The number of morpholine rings is 1. The molecule has 0 bridgehead atoms. The summed E-state index contributed by atoms with van der Waals surface area (Å²) in [5, 5.41) is 7.10. The SMILES string of the molecule is COc1cc(OC)c(Cl)c(Nc2ncncc2-c2cc(Nc3ccc(N4CCOCC4)cc3)ncn2)c1Cl. The van der Waals surface area contributed by atoms with Gasteiger partial charge in [-0.05, 0) is 24.3 Å². The van der Waals surface area contributed by atoms with Gasteiger partial charge in [-0.25, -0.2) is 19.9 Å². The van der Waals surface area contributed by atoms with Gasteiger partial charge in [0.25, 0.3) is 0 Å². The molecule has 3 heterocycles. The Morgan fingerprint density at radius 1 is 0.868 bits per heavy atom. The van der Waals surface area contributed by atoms with Crippen LogP contribution in [0.1, 0.15) is 0 Å². The Hall–Kier alpha value is -3.86. The summed E-state index contributed by atoms with van der Waals surface area (Å²) in [7, 11) is 3.03. The van der Waals surface area contributed by atoms with Gasteiger partial charge in [-0.2, -0.15) is 0 Å². The molecule has 0 aliphatic carbocycles. The molecular formula is C26H25Cl2N7O3. The van der Waals surface area contributed by atoms with E-state index in [0.717, 1.165) is 37.7 Å². The number of ether oxygens (including phenoxy) is 3. The number of halogens is 2. The van der Waals surface area contributed by atoms with Crippen LogP contribution in [0.2, 0.25) is 10.0 Å². The highest BCUT2D eigenvalue weighted by atomic mass is 35.5. The zero-order valence-electron chi connectivity index (χ0n) is 20.7. The number of nitrogens with zero attached hydrogens (tertiary/aromatic N) is 5. The average molecular weight is 554 g/mol. The lowest BCUT2D eigenvalue weighted by Crippen LogP contribution is -2.36. The molecule has 2 N–H and O–H groups in total. The highest BCUT2D eigenvalue weighted by Crippen LogP contribution is 2.45. The van der Waals surface area contributed by atoms with E-state index in [2.05, 4.69) is 47.6 Å². The van der Waals surface area contributed by atoms with Crippen LogP contribution in [-0.2, 0) is 4.74 Å². The molecule has 4 aromatic rings. The lowest BCUT2D eigenvalue weighted by atomic mass is 10.2. The topological polar surface area (TPSA) is 107 Å². The minimum absolute atomic E-state index is 0.286. The fraction of sp³-hybridized carbons (Fsp3) is 0.231. The second kappa shape index (κ2) is 11.7. The van der Waals surface area contributed by atoms with Gasteiger partial charge in [0, 0.05) is 42.8 Å². The molecule has 38 heavy (non-hydrogen) atoms. The van der Waals surface area contributed by atoms with Gasteiger partial charge in [-0.15, -0.1) is 0 Å². The van der Waals surface area contributed by atoms with E-state index in [1.54, 1.807) is 12.3 Å². The van der Waals surface area contributed by atoms with E-state index < -0.39 is 0 Å². The summed E-state index contributed by atoms with van der Waals surface area (Å²) in [4.78, 5) is 19.7. The quantitative estimate of drug-likeness (QED) is 0.287. The van der Waals surface area contributed by atoms with E-state index in [0.29, 0.717) is 40.1 Å². The van der Waals surface area contributed by atoms with Gasteiger partial charge in [0.05, 0.1) is 44.4 Å². The predicted molar refractivity (Wildman–Crippen MR) is 149 cm³/mol. The second-order valence-electron chi connectivity index (χ2n) is 8.25. The first-order valence-corrected chi connectivity index (χ1v) is 12.5. The lowest BCUT2D eigenvalue weighted by Gasteiger charge is -2.28. The van der Waals surface area contributed by atoms with Crippen LogP contribution in [0.25, 0.3) is 11.3 Å². The highest BCUT2D eigenvalue weighted by Gasteiger charge is 2.20. The van der Waals surface area contributed by atoms with E-state index in [4.69, 9.17) is 37.4 Å². The summed E-state index contributed by atoms with van der Waals surface area (Å²) in [6, 6.07) is 11.6. The van der Waals surface area contributed by atoms with Crippen LogP contribution in [-0.4, -0.2) is 60.5 Å². The van der Waals surface area contributed by atoms with Crippen molar-refractivity contribution in [3.63, 3.8) is 0 Å². The van der Waals surface area contributed by atoms with Crippen molar-refractivity contribution in [2.45, 2.75) is 0 Å². The molecule has 2 aromatic carbocycles. The minimum Gasteiger partial charge on any atom is -0.495 e. The zero-order valence-corrected chi connectivity index (χ0v) is 22.3. The molecule has 10 nitrogen and oxygen atoms in total. The summed E-state index contributed by atoms with van der Waals surface area (Å²) < 4.78 is 16.2. The first-order valence-electron chi connectivity index (χ1n) is 11.8. The molecule has 0 atom stereocenters. The first kappa shape index (κ1) is 25.8. The molecule has 0 saturated carbocycles. The number of aromatic nitrogens is 4. The number of rotatable bonds is 8. The van der Waals surface area contributed by atoms with Gasteiger partial charge in [0.1, 0.15) is 45.8 Å². The van der Waals surface area contributed by atoms with E-state index in [9.17, 15) is 0 Å². The Labute approximate surface area is 229 Å². The third-order valence-electron chi connectivity index (χ3n) is 5.99. The number of methoxy groups -OCH3 is 2. The Balaban J connectivity index is 1.40. The molecule has 12 heteroatoms. The summed E-state index contributed by atoms with van der Waals surface area (Å²) in [6.07, 6.45) is 4.55. The largest absolute Gasteiger partial charge is 0.495 e. The number of nitrogens with one attached hydrogen (secondary N) is 2. The molecule has 0 unspecified atom stereocenters. The summed E-state index contributed by atoms with van der Waals surface area (Å²) in [6.45, 7) is 3.26. The summed E-state index contributed by atoms with van der Waals surface area (Å²) in [5.74, 6) is 1.86. The maximum absolute atomic E-state index is 6.55. The molecule has 1 saturated heterocycles. The van der Waals surface area contributed by atoms with Crippen LogP contribution < -0.4 is 25.0 Å². The molecular weight excluding hydrogens is 529 g/mol. The van der Waals surface area contributed by atoms with Crippen molar-refractivity contribution < 1.29 is 14.2 Å². The van der Waals surface area contributed by atoms with Crippen molar-refractivity contribution in [1.82, 2.24) is 19.9 Å². The average Bonchev–Trinajstić information content (AvgIpc) is 2.97. The third-order valence-corrected chi connectivity index (χ3v) is 6.74. The van der Waals surface area contributed by atoms with Gasteiger partial charge in [-0.3, -0.25) is 0 Å². The molecule has 196 valence electrons. The lowest BCUT2D eigenvalue weighted by molar-refractivity contribution is 0.122. The number of benzene rings is 2. The standard InChI is InChI=1S/C26H25Cl2N7O3/c1-36-20-12-21(37-2)24(28)25(23(20)27)34-26-18(13-29-14-32-26)19-11-22(31-15-30-19)33-16-3-5-17(6-4-16)35-7-9-38-10-8-35/h3-6,11-15H,7-10H2,1-2H3,(H,29,32,34)(H,30,31,33). The van der Waals surface area contributed by atoms with Crippen LogP contribution in [0.15, 0.2) is 55.2 Å². The maximum Gasteiger partial charge on any atom is 0.143 e. The highest BCUT2D eigenvalue weighted by molar-refractivity contribution is 6.41. The zero-order chi connectivity index (χ0) is 26.5. The van der Waals surface area contributed by atoms with Gasteiger partial charge in [0.2, 0.25) is 0 Å². The minimum atomic E-state index is 0.286. The predicted octanol–water partition coefficient (Wildman–Crippen LogP) is 5.58. The fourth-order valence-electron chi connectivity index (χ4n) is 4.03. The second-order valence-corrected chi connectivity index (χ2v) is 9.01. The Bertz CT molecular complexity index is 1390. The van der Waals surface area contributed by atoms with Crippen LogP contribution in [0, 0.1) is 0 Å². The van der Waals surface area contributed by atoms with Gasteiger partial charge < -0.3 is 29.7 Å². The maximum atomic E-state index is 6.55. The van der Waals surface area contributed by atoms with Gasteiger partial charge in [0.15, 0.2) is 0 Å². The first-order chi connectivity index (χ1) is 18.6. The number of hydrogen-bond donors (Lipinski definition) is 2. The normalized spacial score (nSPS) is 13.2. The molecule has 5 rings (SSSR count). The molecule has 1 fully saturated rings. The molecule has 1 aliphatic rings. The van der Waals surface area contributed by atoms with E-state index in [1.165, 1.54) is 26.9 Å². The summed E-state index contributed by atoms with van der Waals surface area (Å²) in [5.41, 5.74) is 3.66.